The van der Waals surface area contributed by atoms with Crippen molar-refractivity contribution < 1.29 is 19.2 Å². The molecule has 0 atom stereocenters. The van der Waals surface area contributed by atoms with Crippen molar-refractivity contribution >= 4 is 22.4 Å². The first-order chi connectivity index (χ1) is 11.0. The molecule has 23 heavy (non-hydrogen) atoms. The minimum atomic E-state index is -0.502. The molecule has 1 aromatic heterocycles. The maximum absolute atomic E-state index is 12.6. The van der Waals surface area contributed by atoms with Crippen molar-refractivity contribution in [1.82, 2.24) is 0 Å². The van der Waals surface area contributed by atoms with Crippen LogP contribution in [0.2, 0.25) is 0 Å². The minimum absolute atomic E-state index is 0.0603. The van der Waals surface area contributed by atoms with Crippen LogP contribution in [0.1, 0.15) is 28.6 Å². The molecule has 3 rings (SSSR count). The van der Waals surface area contributed by atoms with Crippen LogP contribution in [0.15, 0.2) is 46.9 Å². The third-order valence-electron chi connectivity index (χ3n) is 3.68. The molecule has 1 heterocycles. The number of carbonyl (C=O) groups excluding carboxylic acids is 1. The molecule has 0 unspecified atom stereocenters. The number of benzene rings is 2. The molecule has 0 saturated carbocycles. The molecule has 116 valence electrons. The van der Waals surface area contributed by atoms with Gasteiger partial charge in [0.25, 0.3) is 5.69 Å². The smallest absolute Gasteiger partial charge is 0.270 e. The molecule has 0 radical (unpaired) electrons. The van der Waals surface area contributed by atoms with Crippen LogP contribution in [0.3, 0.4) is 0 Å². The summed E-state index contributed by atoms with van der Waals surface area (Å²) in [5.41, 5.74) is 1.24. The van der Waals surface area contributed by atoms with Gasteiger partial charge in [0.15, 0.2) is 5.76 Å². The van der Waals surface area contributed by atoms with Gasteiger partial charge in [-0.05, 0) is 24.6 Å². The molecular weight excluding hydrogens is 298 g/mol. The summed E-state index contributed by atoms with van der Waals surface area (Å²) in [5.74, 6) is -0.220. The number of carbonyl (C=O) groups is 1. The predicted octanol–water partition coefficient (Wildman–Crippen LogP) is 3.84. The van der Waals surface area contributed by atoms with E-state index in [1.165, 1.54) is 30.3 Å². The van der Waals surface area contributed by atoms with Gasteiger partial charge in [0.05, 0.1) is 4.92 Å². The van der Waals surface area contributed by atoms with E-state index in [4.69, 9.17) is 4.42 Å². The van der Waals surface area contributed by atoms with Crippen molar-refractivity contribution in [3.8, 4) is 5.75 Å². The zero-order valence-electron chi connectivity index (χ0n) is 12.3. The number of ketones is 1. The van der Waals surface area contributed by atoms with Crippen LogP contribution in [0.5, 0.6) is 5.75 Å². The van der Waals surface area contributed by atoms with Crippen LogP contribution in [-0.4, -0.2) is 15.8 Å². The fourth-order valence-electron chi connectivity index (χ4n) is 2.55. The van der Waals surface area contributed by atoms with Gasteiger partial charge in [-0.3, -0.25) is 14.9 Å². The SMILES string of the molecule is CCc1c(O)cccc1C(=O)c1cc2cc([N+](=O)[O-])ccc2o1. The summed E-state index contributed by atoms with van der Waals surface area (Å²) in [4.78, 5) is 22.9. The number of rotatable bonds is 4. The summed E-state index contributed by atoms with van der Waals surface area (Å²) in [5, 5.41) is 21.2. The number of phenolic OH excluding ortho intramolecular Hbond substituents is 1. The highest BCUT2D eigenvalue weighted by Crippen LogP contribution is 2.28. The van der Waals surface area contributed by atoms with Gasteiger partial charge in [0.2, 0.25) is 5.78 Å². The molecular formula is C17H13NO5. The summed E-state index contributed by atoms with van der Waals surface area (Å²) in [6, 6.07) is 10.4. The Morgan fingerprint density at radius 2 is 2.04 bits per heavy atom. The molecule has 0 aliphatic heterocycles. The van der Waals surface area contributed by atoms with Crippen molar-refractivity contribution in [3.05, 3.63) is 69.5 Å². The summed E-state index contributed by atoms with van der Waals surface area (Å²) in [7, 11) is 0. The zero-order chi connectivity index (χ0) is 16.6. The number of nitrogens with zero attached hydrogens (tertiary/aromatic N) is 1. The van der Waals surface area contributed by atoms with Gasteiger partial charge in [-0.25, -0.2) is 0 Å². The fourth-order valence-corrected chi connectivity index (χ4v) is 2.55. The third kappa shape index (κ3) is 2.55. The normalized spacial score (nSPS) is 10.8. The lowest BCUT2D eigenvalue weighted by Crippen LogP contribution is -2.04. The molecule has 1 N–H and O–H groups in total. The molecule has 0 bridgehead atoms. The Hall–Kier alpha value is -3.15. The summed E-state index contributed by atoms with van der Waals surface area (Å²) in [6.45, 7) is 1.84. The zero-order valence-corrected chi connectivity index (χ0v) is 12.3. The molecule has 0 amide bonds. The maximum Gasteiger partial charge on any atom is 0.270 e. The minimum Gasteiger partial charge on any atom is -0.508 e. The van der Waals surface area contributed by atoms with Gasteiger partial charge in [0, 0.05) is 28.6 Å². The van der Waals surface area contributed by atoms with Crippen LogP contribution in [0.4, 0.5) is 5.69 Å². The van der Waals surface area contributed by atoms with Crippen molar-refractivity contribution in [1.29, 1.82) is 0 Å². The average molecular weight is 311 g/mol. The van der Waals surface area contributed by atoms with Gasteiger partial charge >= 0.3 is 0 Å². The van der Waals surface area contributed by atoms with Gasteiger partial charge in [-0.2, -0.15) is 0 Å². The molecule has 3 aromatic rings. The number of phenols is 1. The molecule has 0 saturated heterocycles. The Morgan fingerprint density at radius 1 is 1.26 bits per heavy atom. The van der Waals surface area contributed by atoms with Gasteiger partial charge in [0.1, 0.15) is 11.3 Å². The first-order valence-corrected chi connectivity index (χ1v) is 7.04. The number of nitro benzene ring substituents is 1. The van der Waals surface area contributed by atoms with E-state index in [1.807, 2.05) is 6.92 Å². The van der Waals surface area contributed by atoms with E-state index < -0.39 is 4.92 Å². The first-order valence-electron chi connectivity index (χ1n) is 7.04. The second-order valence-corrected chi connectivity index (χ2v) is 5.08. The summed E-state index contributed by atoms with van der Waals surface area (Å²) >= 11 is 0. The van der Waals surface area contributed by atoms with E-state index in [2.05, 4.69) is 0 Å². The van der Waals surface area contributed by atoms with E-state index in [0.29, 0.717) is 28.5 Å². The van der Waals surface area contributed by atoms with Crippen LogP contribution in [0, 0.1) is 10.1 Å². The van der Waals surface area contributed by atoms with Crippen LogP contribution in [-0.2, 0) is 6.42 Å². The number of non-ortho nitro benzene ring substituents is 1. The highest BCUT2D eigenvalue weighted by atomic mass is 16.6. The standard InChI is InChI=1S/C17H13NO5/c1-2-12-13(4-3-5-14(12)19)17(20)16-9-10-8-11(18(21)22)6-7-15(10)23-16/h3-9,19H,2H2,1H3. The van der Waals surface area contributed by atoms with E-state index >= 15 is 0 Å². The highest BCUT2D eigenvalue weighted by molar-refractivity contribution is 6.10. The van der Waals surface area contributed by atoms with Crippen LogP contribution < -0.4 is 0 Å². The fraction of sp³-hybridized carbons (Fsp3) is 0.118. The largest absolute Gasteiger partial charge is 0.508 e. The second kappa shape index (κ2) is 5.57. The lowest BCUT2D eigenvalue weighted by atomic mass is 9.99. The Balaban J connectivity index is 2.08. The number of hydrogen-bond donors (Lipinski definition) is 1. The Kier molecular flexibility index (Phi) is 3.57. The summed E-state index contributed by atoms with van der Waals surface area (Å²) < 4.78 is 5.50. The van der Waals surface area contributed by atoms with E-state index in [1.54, 1.807) is 12.1 Å². The number of hydrogen-bond acceptors (Lipinski definition) is 5. The molecule has 0 aliphatic rings. The molecule has 6 nitrogen and oxygen atoms in total. The lowest BCUT2D eigenvalue weighted by molar-refractivity contribution is -0.384. The summed E-state index contributed by atoms with van der Waals surface area (Å²) in [6.07, 6.45) is 0.499. The van der Waals surface area contributed by atoms with E-state index in [-0.39, 0.29) is 23.0 Å². The van der Waals surface area contributed by atoms with Crippen molar-refractivity contribution in [2.24, 2.45) is 0 Å². The molecule has 2 aromatic carbocycles. The Morgan fingerprint density at radius 3 is 2.74 bits per heavy atom. The second-order valence-electron chi connectivity index (χ2n) is 5.08. The lowest BCUT2D eigenvalue weighted by Gasteiger charge is -2.07. The van der Waals surface area contributed by atoms with Crippen molar-refractivity contribution in [2.75, 3.05) is 0 Å². The monoisotopic (exact) mass is 311 g/mol. The maximum atomic E-state index is 12.6. The van der Waals surface area contributed by atoms with Gasteiger partial charge in [-0.15, -0.1) is 0 Å². The van der Waals surface area contributed by atoms with Gasteiger partial charge < -0.3 is 9.52 Å². The molecule has 0 aliphatic carbocycles. The number of nitro groups is 1. The Labute approximate surface area is 131 Å². The quantitative estimate of drug-likeness (QED) is 0.449. The number of fused-ring (bicyclic) bond motifs is 1. The average Bonchev–Trinajstić information content (AvgIpc) is 2.96. The molecule has 0 fully saturated rings. The number of aromatic hydroxyl groups is 1. The van der Waals surface area contributed by atoms with Gasteiger partial charge in [-0.1, -0.05) is 19.1 Å². The van der Waals surface area contributed by atoms with E-state index in [0.717, 1.165) is 0 Å². The highest BCUT2D eigenvalue weighted by Gasteiger charge is 2.20. The molecule has 0 spiro atoms. The number of furan rings is 1. The van der Waals surface area contributed by atoms with Crippen molar-refractivity contribution in [2.45, 2.75) is 13.3 Å². The predicted molar refractivity (Wildman–Crippen MR) is 83.8 cm³/mol. The van der Waals surface area contributed by atoms with Crippen LogP contribution >= 0.6 is 0 Å². The van der Waals surface area contributed by atoms with Crippen molar-refractivity contribution in [3.63, 3.8) is 0 Å². The van der Waals surface area contributed by atoms with Crippen LogP contribution in [0.25, 0.3) is 11.0 Å². The first kappa shape index (κ1) is 14.8. The third-order valence-corrected chi connectivity index (χ3v) is 3.68. The Bertz CT molecular complexity index is 926. The molecule has 6 heteroatoms. The van der Waals surface area contributed by atoms with E-state index in [9.17, 15) is 20.0 Å². The topological polar surface area (TPSA) is 93.6 Å².